The quantitative estimate of drug-likeness (QED) is 0.859. The lowest BCUT2D eigenvalue weighted by atomic mass is 9.80. The molecule has 2 aliphatic heterocycles. The molecular weight excluding hydrogens is 328 g/mol. The van der Waals surface area contributed by atoms with Crippen LogP contribution in [0.1, 0.15) is 19.3 Å². The van der Waals surface area contributed by atoms with E-state index in [4.69, 9.17) is 4.42 Å². The van der Waals surface area contributed by atoms with E-state index in [9.17, 15) is 13.2 Å². The van der Waals surface area contributed by atoms with Crippen molar-refractivity contribution in [1.29, 1.82) is 0 Å². The Morgan fingerprint density at radius 1 is 1.25 bits per heavy atom. The van der Waals surface area contributed by atoms with Gasteiger partial charge in [-0.25, -0.2) is 13.2 Å². The van der Waals surface area contributed by atoms with Crippen molar-refractivity contribution in [2.24, 2.45) is 5.41 Å². The highest BCUT2D eigenvalue weighted by Gasteiger charge is 2.45. The zero-order valence-corrected chi connectivity index (χ0v) is 14.1. The van der Waals surface area contributed by atoms with E-state index in [0.29, 0.717) is 25.2 Å². The third-order valence-electron chi connectivity index (χ3n) is 5.13. The number of urea groups is 1. The van der Waals surface area contributed by atoms with Crippen LogP contribution in [0, 0.1) is 5.41 Å². The molecule has 128 valence electrons. The summed E-state index contributed by atoms with van der Waals surface area (Å²) in [5, 5.41) is 3.89. The van der Waals surface area contributed by atoms with Crippen LogP contribution in [0.25, 0.3) is 11.0 Å². The number of hydrogen-bond acceptors (Lipinski definition) is 4. The van der Waals surface area contributed by atoms with E-state index < -0.39 is 9.84 Å². The van der Waals surface area contributed by atoms with Crippen molar-refractivity contribution in [3.8, 4) is 0 Å². The second kappa shape index (κ2) is 5.51. The summed E-state index contributed by atoms with van der Waals surface area (Å²) in [5.74, 6) is 0.458. The first-order chi connectivity index (χ1) is 11.4. The molecule has 1 atom stereocenters. The maximum Gasteiger partial charge on any atom is 0.321 e. The van der Waals surface area contributed by atoms with Crippen molar-refractivity contribution >= 4 is 32.5 Å². The summed E-state index contributed by atoms with van der Waals surface area (Å²) in [6, 6.07) is 7.23. The molecule has 2 aliphatic rings. The first kappa shape index (κ1) is 15.5. The number of rotatable bonds is 1. The zero-order valence-electron chi connectivity index (χ0n) is 13.3. The fourth-order valence-electron chi connectivity index (χ4n) is 3.92. The summed E-state index contributed by atoms with van der Waals surface area (Å²) >= 11 is 0. The van der Waals surface area contributed by atoms with E-state index in [1.54, 1.807) is 17.2 Å². The Morgan fingerprint density at radius 2 is 2.12 bits per heavy atom. The number of furan rings is 1. The average Bonchev–Trinajstić information content (AvgIpc) is 3.11. The van der Waals surface area contributed by atoms with E-state index in [0.717, 1.165) is 23.8 Å². The molecule has 1 aromatic heterocycles. The van der Waals surface area contributed by atoms with Crippen molar-refractivity contribution in [3.63, 3.8) is 0 Å². The maximum absolute atomic E-state index is 12.6. The van der Waals surface area contributed by atoms with Gasteiger partial charge in [0.25, 0.3) is 0 Å². The second-order valence-corrected chi connectivity index (χ2v) is 9.15. The fourth-order valence-corrected chi connectivity index (χ4v) is 6.12. The monoisotopic (exact) mass is 348 g/mol. The Hall–Kier alpha value is -2.02. The van der Waals surface area contributed by atoms with E-state index in [-0.39, 0.29) is 23.0 Å². The van der Waals surface area contributed by atoms with Gasteiger partial charge in [0.05, 0.1) is 17.8 Å². The first-order valence-electron chi connectivity index (χ1n) is 8.18. The molecule has 2 aromatic rings. The molecule has 6 nitrogen and oxygen atoms in total. The highest BCUT2D eigenvalue weighted by molar-refractivity contribution is 7.91. The van der Waals surface area contributed by atoms with Crippen LogP contribution >= 0.6 is 0 Å². The van der Waals surface area contributed by atoms with Gasteiger partial charge in [0.2, 0.25) is 0 Å². The molecule has 0 aliphatic carbocycles. The molecule has 1 unspecified atom stereocenters. The zero-order chi connectivity index (χ0) is 16.8. The van der Waals surface area contributed by atoms with Gasteiger partial charge in [-0.1, -0.05) is 0 Å². The van der Waals surface area contributed by atoms with Gasteiger partial charge in [-0.3, -0.25) is 0 Å². The highest BCUT2D eigenvalue weighted by atomic mass is 32.2. The number of anilines is 1. The lowest BCUT2D eigenvalue weighted by Gasteiger charge is -2.39. The molecule has 7 heteroatoms. The minimum absolute atomic E-state index is 0.177. The standard InChI is InChI=1S/C17H20N2O4S/c20-16(18-14-3-2-13-4-8-23-15(13)10-14)19-7-1-5-17(11-19)6-9-24(21,22)12-17/h2-4,8,10H,1,5-7,9,11-12H2,(H,18,20). The molecule has 0 bridgehead atoms. The number of piperidine rings is 1. The number of carbonyl (C=O) groups is 1. The average molecular weight is 348 g/mol. The Balaban J connectivity index is 1.47. The number of benzene rings is 1. The largest absolute Gasteiger partial charge is 0.464 e. The smallest absolute Gasteiger partial charge is 0.321 e. The van der Waals surface area contributed by atoms with Gasteiger partial charge in [0.15, 0.2) is 9.84 Å². The van der Waals surface area contributed by atoms with Gasteiger partial charge < -0.3 is 14.6 Å². The summed E-state index contributed by atoms with van der Waals surface area (Å²) in [5.41, 5.74) is 1.16. The van der Waals surface area contributed by atoms with Crippen molar-refractivity contribution in [2.45, 2.75) is 19.3 Å². The van der Waals surface area contributed by atoms with Crippen molar-refractivity contribution < 1.29 is 17.6 Å². The van der Waals surface area contributed by atoms with Crippen LogP contribution in [-0.4, -0.2) is 43.9 Å². The number of nitrogens with one attached hydrogen (secondary N) is 1. The molecule has 0 saturated carbocycles. The SMILES string of the molecule is O=C(Nc1ccc2ccoc2c1)N1CCCC2(CCS(=O)(=O)C2)C1. The number of likely N-dealkylation sites (tertiary alicyclic amines) is 1. The van der Waals surface area contributed by atoms with E-state index >= 15 is 0 Å². The Kier molecular flexibility index (Phi) is 3.56. The minimum Gasteiger partial charge on any atom is -0.464 e. The summed E-state index contributed by atoms with van der Waals surface area (Å²) in [6.07, 6.45) is 4.01. The molecule has 3 heterocycles. The lowest BCUT2D eigenvalue weighted by molar-refractivity contribution is 0.130. The van der Waals surface area contributed by atoms with Gasteiger partial charge in [-0.15, -0.1) is 0 Å². The minimum atomic E-state index is -2.95. The van der Waals surface area contributed by atoms with Crippen LogP contribution in [0.15, 0.2) is 34.9 Å². The van der Waals surface area contributed by atoms with E-state index in [2.05, 4.69) is 5.32 Å². The van der Waals surface area contributed by atoms with Crippen LogP contribution in [0.5, 0.6) is 0 Å². The topological polar surface area (TPSA) is 79.6 Å². The third-order valence-corrected chi connectivity index (χ3v) is 7.00. The van der Waals surface area contributed by atoms with Crippen molar-refractivity contribution in [2.75, 3.05) is 29.9 Å². The Morgan fingerprint density at radius 3 is 2.92 bits per heavy atom. The predicted molar refractivity (Wildman–Crippen MR) is 91.7 cm³/mol. The van der Waals surface area contributed by atoms with Crippen LogP contribution in [-0.2, 0) is 9.84 Å². The molecule has 0 radical (unpaired) electrons. The highest BCUT2D eigenvalue weighted by Crippen LogP contribution is 2.40. The van der Waals surface area contributed by atoms with Gasteiger partial charge in [0, 0.05) is 35.6 Å². The van der Waals surface area contributed by atoms with Gasteiger partial charge in [-0.05, 0) is 37.5 Å². The van der Waals surface area contributed by atoms with Crippen LogP contribution in [0.3, 0.4) is 0 Å². The fraction of sp³-hybridized carbons (Fsp3) is 0.471. The second-order valence-electron chi connectivity index (χ2n) is 6.97. The predicted octanol–water partition coefficient (Wildman–Crippen LogP) is 2.87. The van der Waals surface area contributed by atoms with E-state index in [1.807, 2.05) is 18.2 Å². The van der Waals surface area contributed by atoms with Gasteiger partial charge in [-0.2, -0.15) is 0 Å². The Bertz CT molecular complexity index is 889. The molecule has 2 fully saturated rings. The van der Waals surface area contributed by atoms with Crippen molar-refractivity contribution in [1.82, 2.24) is 4.90 Å². The number of hydrogen-bond donors (Lipinski definition) is 1. The number of carbonyl (C=O) groups excluding carboxylic acids is 1. The van der Waals surface area contributed by atoms with E-state index in [1.165, 1.54) is 0 Å². The molecular formula is C17H20N2O4S. The number of nitrogens with zero attached hydrogens (tertiary/aromatic N) is 1. The van der Waals surface area contributed by atoms with Crippen molar-refractivity contribution in [3.05, 3.63) is 30.5 Å². The first-order valence-corrected chi connectivity index (χ1v) is 10.0. The van der Waals surface area contributed by atoms with Crippen LogP contribution in [0.4, 0.5) is 10.5 Å². The van der Waals surface area contributed by atoms with Crippen LogP contribution in [0.2, 0.25) is 0 Å². The molecule has 24 heavy (non-hydrogen) atoms. The summed E-state index contributed by atoms with van der Waals surface area (Å²) < 4.78 is 29.0. The number of fused-ring (bicyclic) bond motifs is 1. The molecule has 1 spiro atoms. The number of amides is 2. The molecule has 1 N–H and O–H groups in total. The van der Waals surface area contributed by atoms with Gasteiger partial charge >= 0.3 is 6.03 Å². The summed E-state index contributed by atoms with van der Waals surface area (Å²) in [7, 11) is -2.95. The summed E-state index contributed by atoms with van der Waals surface area (Å²) in [4.78, 5) is 14.3. The molecule has 4 rings (SSSR count). The Labute approximate surface area is 140 Å². The maximum atomic E-state index is 12.6. The molecule has 1 aromatic carbocycles. The third kappa shape index (κ3) is 2.88. The van der Waals surface area contributed by atoms with Gasteiger partial charge in [0.1, 0.15) is 5.58 Å². The normalized spacial score (nSPS) is 26.1. The lowest BCUT2D eigenvalue weighted by Crippen LogP contribution is -2.48. The van der Waals surface area contributed by atoms with Crippen LogP contribution < -0.4 is 5.32 Å². The molecule has 2 amide bonds. The molecule has 2 saturated heterocycles. The number of sulfone groups is 1. The summed E-state index contributed by atoms with van der Waals surface area (Å²) in [6.45, 7) is 1.18.